The summed E-state index contributed by atoms with van der Waals surface area (Å²) in [5.74, 6) is 0.0575. The molecule has 0 aliphatic carbocycles. The van der Waals surface area contributed by atoms with E-state index in [4.69, 9.17) is 9.47 Å². The number of para-hydroxylation sites is 1. The Balaban J connectivity index is 2.00. The Kier molecular flexibility index (Phi) is 6.99. The van der Waals surface area contributed by atoms with E-state index in [2.05, 4.69) is 19.2 Å². The standard InChI is InChI=1S/C22H27NO4/c1-14(2)13-26-19-11-7-10-18(12-19)22(25)27-17(5)21(24)23-20-15(3)8-6-9-16(20)4/h6-12,14,17H,13H2,1-5H3,(H,23,24). The first kappa shape index (κ1) is 20.5. The van der Waals surface area contributed by atoms with Crippen LogP contribution in [0.2, 0.25) is 0 Å². The fourth-order valence-corrected chi connectivity index (χ4v) is 2.49. The molecule has 27 heavy (non-hydrogen) atoms. The smallest absolute Gasteiger partial charge is 0.339 e. The van der Waals surface area contributed by atoms with Crippen molar-refractivity contribution in [2.75, 3.05) is 11.9 Å². The summed E-state index contributed by atoms with van der Waals surface area (Å²) < 4.78 is 11.0. The lowest BCUT2D eigenvalue weighted by atomic mass is 10.1. The van der Waals surface area contributed by atoms with Crippen LogP contribution in [0.4, 0.5) is 5.69 Å². The number of nitrogens with one attached hydrogen (secondary N) is 1. The first-order chi connectivity index (χ1) is 12.8. The Morgan fingerprint density at radius 2 is 1.63 bits per heavy atom. The number of hydrogen-bond acceptors (Lipinski definition) is 4. The normalized spacial score (nSPS) is 11.8. The molecule has 5 heteroatoms. The van der Waals surface area contributed by atoms with E-state index in [9.17, 15) is 9.59 Å². The summed E-state index contributed by atoms with van der Waals surface area (Å²) in [6.45, 7) is 10.1. The highest BCUT2D eigenvalue weighted by Gasteiger charge is 2.20. The number of hydrogen-bond donors (Lipinski definition) is 1. The lowest BCUT2D eigenvalue weighted by Gasteiger charge is -2.16. The summed E-state index contributed by atoms with van der Waals surface area (Å²) >= 11 is 0. The lowest BCUT2D eigenvalue weighted by molar-refractivity contribution is -0.123. The molecular weight excluding hydrogens is 342 g/mol. The van der Waals surface area contributed by atoms with Crippen LogP contribution in [0.25, 0.3) is 0 Å². The van der Waals surface area contributed by atoms with Crippen molar-refractivity contribution >= 4 is 17.6 Å². The molecule has 0 heterocycles. The van der Waals surface area contributed by atoms with Gasteiger partial charge in [0.15, 0.2) is 6.10 Å². The molecule has 0 aliphatic heterocycles. The maximum absolute atomic E-state index is 12.4. The van der Waals surface area contributed by atoms with Crippen LogP contribution in [-0.2, 0) is 9.53 Å². The Bertz CT molecular complexity index is 793. The molecule has 2 aromatic rings. The number of amides is 1. The molecule has 1 amide bonds. The van der Waals surface area contributed by atoms with Crippen molar-refractivity contribution in [2.45, 2.75) is 40.7 Å². The number of benzene rings is 2. The van der Waals surface area contributed by atoms with Gasteiger partial charge in [-0.2, -0.15) is 0 Å². The second-order valence-corrected chi connectivity index (χ2v) is 7.04. The molecular formula is C22H27NO4. The number of rotatable bonds is 7. The van der Waals surface area contributed by atoms with Crippen molar-refractivity contribution in [3.8, 4) is 5.75 Å². The fourth-order valence-electron chi connectivity index (χ4n) is 2.49. The van der Waals surface area contributed by atoms with Gasteiger partial charge in [-0.25, -0.2) is 4.79 Å². The topological polar surface area (TPSA) is 64.6 Å². The summed E-state index contributed by atoms with van der Waals surface area (Å²) in [5, 5.41) is 2.84. The zero-order valence-corrected chi connectivity index (χ0v) is 16.5. The second-order valence-electron chi connectivity index (χ2n) is 7.04. The average Bonchev–Trinajstić information content (AvgIpc) is 2.63. The van der Waals surface area contributed by atoms with Crippen molar-refractivity contribution in [3.05, 3.63) is 59.2 Å². The van der Waals surface area contributed by atoms with Gasteiger partial charge in [-0.05, 0) is 56.0 Å². The van der Waals surface area contributed by atoms with E-state index in [1.54, 1.807) is 31.2 Å². The third kappa shape index (κ3) is 5.84. The van der Waals surface area contributed by atoms with Gasteiger partial charge in [0.1, 0.15) is 5.75 Å². The highest BCUT2D eigenvalue weighted by molar-refractivity contribution is 5.98. The van der Waals surface area contributed by atoms with Gasteiger partial charge in [0, 0.05) is 5.69 Å². The maximum Gasteiger partial charge on any atom is 0.339 e. The fraction of sp³-hybridized carbons (Fsp3) is 0.364. The van der Waals surface area contributed by atoms with Crippen LogP contribution in [0.1, 0.15) is 42.3 Å². The molecule has 2 aromatic carbocycles. The van der Waals surface area contributed by atoms with Crippen LogP contribution in [0.5, 0.6) is 5.75 Å². The van der Waals surface area contributed by atoms with Crippen LogP contribution in [0, 0.1) is 19.8 Å². The van der Waals surface area contributed by atoms with E-state index < -0.39 is 12.1 Å². The lowest BCUT2D eigenvalue weighted by Crippen LogP contribution is -2.30. The quantitative estimate of drug-likeness (QED) is 0.729. The monoisotopic (exact) mass is 369 g/mol. The van der Waals surface area contributed by atoms with Crippen molar-refractivity contribution in [1.82, 2.24) is 0 Å². The third-order valence-corrected chi connectivity index (χ3v) is 4.04. The molecule has 0 radical (unpaired) electrons. The number of aryl methyl sites for hydroxylation is 2. The summed E-state index contributed by atoms with van der Waals surface area (Å²) in [6, 6.07) is 12.5. The molecule has 1 N–H and O–H groups in total. The number of carbonyl (C=O) groups is 2. The van der Waals surface area contributed by atoms with E-state index in [-0.39, 0.29) is 5.91 Å². The van der Waals surface area contributed by atoms with Crippen LogP contribution < -0.4 is 10.1 Å². The summed E-state index contributed by atoms with van der Waals surface area (Å²) in [6.07, 6.45) is -0.920. The molecule has 144 valence electrons. The van der Waals surface area contributed by atoms with Gasteiger partial charge in [-0.15, -0.1) is 0 Å². The highest BCUT2D eigenvalue weighted by atomic mass is 16.5. The minimum atomic E-state index is -0.920. The molecule has 0 aliphatic rings. The molecule has 0 fully saturated rings. The number of esters is 1. The Hall–Kier alpha value is -2.82. The zero-order chi connectivity index (χ0) is 20.0. The Morgan fingerprint density at radius 3 is 2.26 bits per heavy atom. The predicted octanol–water partition coefficient (Wildman–Crippen LogP) is 4.52. The van der Waals surface area contributed by atoms with Crippen molar-refractivity contribution in [2.24, 2.45) is 5.92 Å². The Morgan fingerprint density at radius 1 is 1.00 bits per heavy atom. The zero-order valence-electron chi connectivity index (χ0n) is 16.5. The number of carbonyl (C=O) groups excluding carboxylic acids is 2. The minimum absolute atomic E-state index is 0.350. The van der Waals surface area contributed by atoms with Crippen LogP contribution in [0.15, 0.2) is 42.5 Å². The number of anilines is 1. The highest BCUT2D eigenvalue weighted by Crippen LogP contribution is 2.20. The summed E-state index contributed by atoms with van der Waals surface area (Å²) in [5.41, 5.74) is 3.01. The van der Waals surface area contributed by atoms with Gasteiger partial charge in [-0.1, -0.05) is 38.1 Å². The molecule has 0 spiro atoms. The van der Waals surface area contributed by atoms with E-state index in [1.807, 2.05) is 32.0 Å². The third-order valence-electron chi connectivity index (χ3n) is 4.04. The minimum Gasteiger partial charge on any atom is -0.493 e. The molecule has 0 aromatic heterocycles. The second kappa shape index (κ2) is 9.21. The van der Waals surface area contributed by atoms with Crippen molar-refractivity contribution in [3.63, 3.8) is 0 Å². The molecule has 0 saturated carbocycles. The van der Waals surface area contributed by atoms with Crippen LogP contribution >= 0.6 is 0 Å². The number of ether oxygens (including phenoxy) is 2. The molecule has 5 nitrogen and oxygen atoms in total. The van der Waals surface area contributed by atoms with E-state index in [0.717, 1.165) is 16.8 Å². The summed E-state index contributed by atoms with van der Waals surface area (Å²) in [7, 11) is 0. The van der Waals surface area contributed by atoms with E-state index in [1.165, 1.54) is 0 Å². The van der Waals surface area contributed by atoms with E-state index in [0.29, 0.717) is 23.8 Å². The maximum atomic E-state index is 12.4. The summed E-state index contributed by atoms with van der Waals surface area (Å²) in [4.78, 5) is 24.8. The molecule has 0 bridgehead atoms. The van der Waals surface area contributed by atoms with Gasteiger partial charge in [0.25, 0.3) is 5.91 Å². The largest absolute Gasteiger partial charge is 0.493 e. The van der Waals surface area contributed by atoms with E-state index >= 15 is 0 Å². The SMILES string of the molecule is Cc1cccc(C)c1NC(=O)C(C)OC(=O)c1cccc(OCC(C)C)c1. The van der Waals surface area contributed by atoms with Gasteiger partial charge in [0.05, 0.1) is 12.2 Å². The molecule has 0 saturated heterocycles. The molecule has 1 atom stereocenters. The first-order valence-electron chi connectivity index (χ1n) is 9.09. The molecule has 1 unspecified atom stereocenters. The van der Waals surface area contributed by atoms with Gasteiger partial charge >= 0.3 is 5.97 Å². The van der Waals surface area contributed by atoms with Gasteiger partial charge < -0.3 is 14.8 Å². The average molecular weight is 369 g/mol. The van der Waals surface area contributed by atoms with Crippen LogP contribution in [-0.4, -0.2) is 24.6 Å². The Labute approximate surface area is 160 Å². The van der Waals surface area contributed by atoms with Crippen molar-refractivity contribution < 1.29 is 19.1 Å². The first-order valence-corrected chi connectivity index (χ1v) is 9.09. The predicted molar refractivity (Wildman–Crippen MR) is 106 cm³/mol. The van der Waals surface area contributed by atoms with Crippen LogP contribution in [0.3, 0.4) is 0 Å². The van der Waals surface area contributed by atoms with Gasteiger partial charge in [-0.3, -0.25) is 4.79 Å². The van der Waals surface area contributed by atoms with Crippen molar-refractivity contribution in [1.29, 1.82) is 0 Å². The molecule has 2 rings (SSSR count). The van der Waals surface area contributed by atoms with Gasteiger partial charge in [0.2, 0.25) is 0 Å².